The molecule has 126 valence electrons. The Kier molecular flexibility index (Phi) is 8.85. The number of nitrogens with zero attached hydrogens (tertiary/aromatic N) is 1. The van der Waals surface area contributed by atoms with E-state index in [-0.39, 0.29) is 29.5 Å². The van der Waals surface area contributed by atoms with E-state index in [2.05, 4.69) is 5.09 Å². The fraction of sp³-hybridized carbons (Fsp3) is 1.00. The molecule has 0 spiro atoms. The highest BCUT2D eigenvalue weighted by Crippen LogP contribution is 2.50. The van der Waals surface area contributed by atoms with E-state index < -0.39 is 23.5 Å². The summed E-state index contributed by atoms with van der Waals surface area (Å²) in [6, 6.07) is 0. The molecule has 0 aromatic heterocycles. The second-order valence-electron chi connectivity index (χ2n) is 4.22. The zero-order chi connectivity index (χ0) is 15.9. The Bertz CT molecular complexity index is 461. The zero-order valence-electron chi connectivity index (χ0n) is 11.2. The van der Waals surface area contributed by atoms with E-state index in [4.69, 9.17) is 27.7 Å². The first kappa shape index (κ1) is 20.0. The molecule has 0 unspecified atom stereocenters. The summed E-state index contributed by atoms with van der Waals surface area (Å²) in [6.45, 7) is 1.02. The van der Waals surface area contributed by atoms with Gasteiger partial charge >= 0.3 is 7.67 Å². The molecule has 1 N–H and O–H groups in total. The highest BCUT2D eigenvalue weighted by Gasteiger charge is 2.37. The summed E-state index contributed by atoms with van der Waals surface area (Å²) in [7, 11) is -7.46. The molecule has 0 amide bonds. The lowest BCUT2D eigenvalue weighted by Gasteiger charge is -2.36. The average Bonchev–Trinajstić information content (AvgIpc) is 2.37. The van der Waals surface area contributed by atoms with E-state index in [0.717, 1.165) is 0 Å². The average molecular weight is 400 g/mol. The largest absolute Gasteiger partial charge is 0.748 e. The van der Waals surface area contributed by atoms with Crippen LogP contribution in [0.1, 0.15) is 6.42 Å². The lowest BCUT2D eigenvalue weighted by Crippen LogP contribution is -2.40. The minimum Gasteiger partial charge on any atom is -0.748 e. The number of rotatable bonds is 9. The lowest BCUT2D eigenvalue weighted by atomic mass is 10.5. The fourth-order valence-corrected chi connectivity index (χ4v) is 6.78. The maximum absolute atomic E-state index is 12.8. The SMILES string of the molecule is O=[P@]1(N(CCCl)CCCl)N[C@H](SCCS(=O)(=O)[O-])CCO1. The van der Waals surface area contributed by atoms with E-state index in [0.29, 0.717) is 19.5 Å². The zero-order valence-corrected chi connectivity index (χ0v) is 15.3. The Morgan fingerprint density at radius 1 is 1.38 bits per heavy atom. The van der Waals surface area contributed by atoms with Crippen LogP contribution in [-0.2, 0) is 19.2 Å². The van der Waals surface area contributed by atoms with Crippen molar-refractivity contribution in [2.45, 2.75) is 11.8 Å². The molecule has 0 aliphatic carbocycles. The van der Waals surface area contributed by atoms with Crippen LogP contribution < -0.4 is 5.09 Å². The summed E-state index contributed by atoms with van der Waals surface area (Å²) in [5.74, 6) is 0.277. The van der Waals surface area contributed by atoms with Gasteiger partial charge in [-0.05, 0) is 6.42 Å². The van der Waals surface area contributed by atoms with Crippen LogP contribution in [0.5, 0.6) is 0 Å². The van der Waals surface area contributed by atoms with Crippen molar-refractivity contribution in [1.82, 2.24) is 9.76 Å². The summed E-state index contributed by atoms with van der Waals surface area (Å²) < 4.78 is 51.4. The predicted octanol–water partition coefficient (Wildman–Crippen LogP) is 1.49. The van der Waals surface area contributed by atoms with Gasteiger partial charge in [-0.25, -0.2) is 18.2 Å². The van der Waals surface area contributed by atoms with E-state index in [1.54, 1.807) is 4.67 Å². The molecule has 0 aromatic carbocycles. The van der Waals surface area contributed by atoms with Crippen molar-refractivity contribution in [3.63, 3.8) is 0 Å². The standard InChI is InChI=1S/C9H19Cl2N2O5PS2/c10-2-4-13(5-3-11)19(14)12-9(1-6-18-19)20-7-8-21(15,16)17/h9H,1-8H2,(H,12,14)(H,15,16,17)/p-1/t9-,19-/m1/s1. The number of thioether (sulfide) groups is 1. The highest BCUT2D eigenvalue weighted by atomic mass is 35.5. The quantitative estimate of drug-likeness (QED) is 0.353. The van der Waals surface area contributed by atoms with Gasteiger partial charge in [0.15, 0.2) is 0 Å². The predicted molar refractivity (Wildman–Crippen MR) is 85.1 cm³/mol. The van der Waals surface area contributed by atoms with Crippen LogP contribution in [0.2, 0.25) is 0 Å². The van der Waals surface area contributed by atoms with Gasteiger partial charge in [0, 0.05) is 36.4 Å². The van der Waals surface area contributed by atoms with Crippen LogP contribution in [-0.4, -0.2) is 66.0 Å². The van der Waals surface area contributed by atoms with Crippen LogP contribution in [0, 0.1) is 0 Å². The van der Waals surface area contributed by atoms with Crippen molar-refractivity contribution >= 4 is 52.8 Å². The second-order valence-corrected chi connectivity index (χ2v) is 9.94. The normalized spacial score (nSPS) is 27.1. The molecule has 0 aromatic rings. The van der Waals surface area contributed by atoms with Gasteiger partial charge in [-0.15, -0.1) is 35.0 Å². The molecule has 0 radical (unpaired) electrons. The van der Waals surface area contributed by atoms with Gasteiger partial charge in [-0.1, -0.05) is 0 Å². The van der Waals surface area contributed by atoms with E-state index in [1.807, 2.05) is 0 Å². The molecule has 1 saturated heterocycles. The molecule has 0 saturated carbocycles. The number of hydrogen-bond donors (Lipinski definition) is 1. The first-order chi connectivity index (χ1) is 9.80. The van der Waals surface area contributed by atoms with Gasteiger partial charge < -0.3 is 9.08 Å². The smallest absolute Gasteiger partial charge is 0.344 e. The van der Waals surface area contributed by atoms with Crippen LogP contribution in [0.15, 0.2) is 0 Å². The van der Waals surface area contributed by atoms with Crippen molar-refractivity contribution in [3.05, 3.63) is 0 Å². The van der Waals surface area contributed by atoms with Gasteiger partial charge in [0.1, 0.15) is 0 Å². The third kappa shape index (κ3) is 7.37. The monoisotopic (exact) mass is 399 g/mol. The topological polar surface area (TPSA) is 98.8 Å². The molecule has 2 atom stereocenters. The second kappa shape index (κ2) is 9.30. The molecular weight excluding hydrogens is 382 g/mol. The Morgan fingerprint density at radius 3 is 2.52 bits per heavy atom. The Balaban J connectivity index is 2.58. The highest BCUT2D eigenvalue weighted by molar-refractivity contribution is 8.01. The van der Waals surface area contributed by atoms with Crippen LogP contribution in [0.3, 0.4) is 0 Å². The summed E-state index contributed by atoms with van der Waals surface area (Å²) in [6.07, 6.45) is 0.573. The minimum absolute atomic E-state index is 0.147. The van der Waals surface area contributed by atoms with Crippen molar-refractivity contribution in [2.24, 2.45) is 0 Å². The maximum Gasteiger partial charge on any atom is 0.344 e. The Hall–Kier alpha value is 0.950. The van der Waals surface area contributed by atoms with E-state index >= 15 is 0 Å². The first-order valence-corrected chi connectivity index (χ1v) is 11.5. The summed E-state index contributed by atoms with van der Waals surface area (Å²) in [5, 5.41) is 2.66. The van der Waals surface area contributed by atoms with Crippen molar-refractivity contribution in [3.8, 4) is 0 Å². The lowest BCUT2D eigenvalue weighted by molar-refractivity contribution is 0.227. The molecule has 1 heterocycles. The van der Waals surface area contributed by atoms with Gasteiger partial charge in [-0.2, -0.15) is 0 Å². The third-order valence-corrected chi connectivity index (χ3v) is 7.65. The molecule has 1 aliphatic heterocycles. The maximum atomic E-state index is 12.8. The summed E-state index contributed by atoms with van der Waals surface area (Å²) >= 11 is 12.6. The van der Waals surface area contributed by atoms with Gasteiger partial charge in [0.2, 0.25) is 0 Å². The number of alkyl halides is 2. The number of nitrogens with one attached hydrogen (secondary N) is 1. The summed E-state index contributed by atoms with van der Waals surface area (Å²) in [5.41, 5.74) is 0. The Morgan fingerprint density at radius 2 is 2.00 bits per heavy atom. The number of halogens is 2. The molecule has 1 aliphatic rings. The van der Waals surface area contributed by atoms with Crippen LogP contribution in [0.4, 0.5) is 0 Å². The van der Waals surface area contributed by atoms with Crippen molar-refractivity contribution < 1.29 is 22.1 Å². The van der Waals surface area contributed by atoms with E-state index in [9.17, 15) is 17.5 Å². The van der Waals surface area contributed by atoms with Gasteiger partial charge in [-0.3, -0.25) is 4.57 Å². The van der Waals surface area contributed by atoms with Gasteiger partial charge in [0.25, 0.3) is 0 Å². The molecule has 12 heteroatoms. The van der Waals surface area contributed by atoms with Crippen LogP contribution >= 0.6 is 42.6 Å². The minimum atomic E-state index is -4.23. The van der Waals surface area contributed by atoms with Crippen LogP contribution in [0.25, 0.3) is 0 Å². The molecular formula is C9H18Cl2N2O5PS2-. The molecule has 1 rings (SSSR count). The Labute approximate surface area is 139 Å². The van der Waals surface area contributed by atoms with Crippen molar-refractivity contribution in [1.29, 1.82) is 0 Å². The fourth-order valence-electron chi connectivity index (χ4n) is 1.71. The summed E-state index contributed by atoms with van der Waals surface area (Å²) in [4.78, 5) is 0. The van der Waals surface area contributed by atoms with Crippen molar-refractivity contribution in [2.75, 3.05) is 43.0 Å². The molecule has 7 nitrogen and oxygen atoms in total. The molecule has 21 heavy (non-hydrogen) atoms. The van der Waals surface area contributed by atoms with Gasteiger partial charge in [0.05, 0.1) is 22.1 Å². The number of hydrogen-bond acceptors (Lipinski definition) is 6. The molecule has 0 bridgehead atoms. The first-order valence-electron chi connectivity index (χ1n) is 6.25. The molecule has 1 fully saturated rings. The van der Waals surface area contributed by atoms with E-state index in [1.165, 1.54) is 11.8 Å². The third-order valence-electron chi connectivity index (χ3n) is 2.66.